The fraction of sp³-hybridized carbons (Fsp3) is 0.882. The van der Waals surface area contributed by atoms with Gasteiger partial charge in [0.25, 0.3) is 0 Å². The molecule has 0 saturated heterocycles. The molecule has 0 saturated carbocycles. The summed E-state index contributed by atoms with van der Waals surface area (Å²) in [7, 11) is 3.12. The van der Waals surface area contributed by atoms with E-state index in [1.165, 1.54) is 52.1 Å². The number of carbonyl (C=O) groups excluding carboxylic acids is 2. The summed E-state index contributed by atoms with van der Waals surface area (Å²) in [5.74, 6) is -0.139. The molecule has 0 unspecified atom stereocenters. The van der Waals surface area contributed by atoms with Crippen LogP contribution < -0.4 is 0 Å². The van der Waals surface area contributed by atoms with Gasteiger partial charge in [-0.15, -0.1) is 0 Å². The Labute approximate surface area is 130 Å². The van der Waals surface area contributed by atoms with E-state index in [0.717, 1.165) is 12.8 Å². The highest BCUT2D eigenvalue weighted by atomic mass is 16.5. The summed E-state index contributed by atoms with van der Waals surface area (Å²) >= 11 is 0. The molecule has 0 atom stereocenters. The third kappa shape index (κ3) is 12.4. The average molecular weight is 299 g/mol. The van der Waals surface area contributed by atoms with Crippen molar-refractivity contribution in [3.63, 3.8) is 0 Å². The third-order valence-corrected chi connectivity index (χ3v) is 3.80. The van der Waals surface area contributed by atoms with Crippen molar-refractivity contribution in [1.82, 2.24) is 4.90 Å². The summed E-state index contributed by atoms with van der Waals surface area (Å²) < 4.78 is 4.56. The molecule has 1 amide bonds. The lowest BCUT2D eigenvalue weighted by molar-refractivity contribution is -0.141. The molecule has 0 aromatic heterocycles. The SMILES string of the molecule is CCCCCCCCCCCC(=O)N(C)CCC(=O)OC. The lowest BCUT2D eigenvalue weighted by Gasteiger charge is -2.16. The number of unbranched alkanes of at least 4 members (excludes halogenated alkanes) is 8. The van der Waals surface area contributed by atoms with E-state index in [4.69, 9.17) is 0 Å². The van der Waals surface area contributed by atoms with Crippen LogP contribution in [0.4, 0.5) is 0 Å². The first-order valence-electron chi connectivity index (χ1n) is 8.42. The minimum atomic E-state index is -0.266. The molecule has 0 aromatic rings. The summed E-state index contributed by atoms with van der Waals surface area (Å²) in [5, 5.41) is 0. The van der Waals surface area contributed by atoms with Crippen LogP contribution in [0.1, 0.15) is 77.6 Å². The van der Waals surface area contributed by atoms with Crippen molar-refractivity contribution in [1.29, 1.82) is 0 Å². The van der Waals surface area contributed by atoms with Gasteiger partial charge in [0.15, 0.2) is 0 Å². The van der Waals surface area contributed by atoms with Crippen molar-refractivity contribution in [3.05, 3.63) is 0 Å². The quantitative estimate of drug-likeness (QED) is 0.382. The predicted molar refractivity (Wildman–Crippen MR) is 86.1 cm³/mol. The molecule has 4 nitrogen and oxygen atoms in total. The molecule has 0 heterocycles. The highest BCUT2D eigenvalue weighted by Crippen LogP contribution is 2.11. The van der Waals surface area contributed by atoms with E-state index in [-0.39, 0.29) is 18.3 Å². The normalized spacial score (nSPS) is 10.4. The predicted octanol–water partition coefficient (Wildman–Crippen LogP) is 3.93. The van der Waals surface area contributed by atoms with Gasteiger partial charge in [-0.05, 0) is 6.42 Å². The van der Waals surface area contributed by atoms with Crippen LogP contribution in [0.5, 0.6) is 0 Å². The highest BCUT2D eigenvalue weighted by Gasteiger charge is 2.10. The maximum atomic E-state index is 11.8. The Morgan fingerprint density at radius 1 is 0.857 bits per heavy atom. The molecule has 0 aromatic carbocycles. The van der Waals surface area contributed by atoms with E-state index >= 15 is 0 Å². The fourth-order valence-corrected chi connectivity index (χ4v) is 2.26. The number of carbonyl (C=O) groups is 2. The number of nitrogens with zero attached hydrogens (tertiary/aromatic N) is 1. The number of rotatable bonds is 13. The maximum absolute atomic E-state index is 11.8. The Kier molecular flexibility index (Phi) is 13.2. The van der Waals surface area contributed by atoms with E-state index in [2.05, 4.69) is 11.7 Å². The summed E-state index contributed by atoms with van der Waals surface area (Å²) in [5.41, 5.74) is 0. The molecule has 0 N–H and O–H groups in total. The Morgan fingerprint density at radius 3 is 1.90 bits per heavy atom. The molecular formula is C17H33NO3. The first-order valence-corrected chi connectivity index (χ1v) is 8.42. The van der Waals surface area contributed by atoms with Gasteiger partial charge in [-0.3, -0.25) is 9.59 Å². The van der Waals surface area contributed by atoms with Crippen molar-refractivity contribution in [2.75, 3.05) is 20.7 Å². The molecule has 21 heavy (non-hydrogen) atoms. The first kappa shape index (κ1) is 19.9. The minimum absolute atomic E-state index is 0.127. The van der Waals surface area contributed by atoms with Crippen LogP contribution in [0.3, 0.4) is 0 Å². The van der Waals surface area contributed by atoms with Crippen LogP contribution >= 0.6 is 0 Å². The number of amides is 1. The van der Waals surface area contributed by atoms with Crippen LogP contribution in [0, 0.1) is 0 Å². The van der Waals surface area contributed by atoms with Gasteiger partial charge in [-0.1, -0.05) is 58.3 Å². The molecule has 0 spiro atoms. The molecule has 0 bridgehead atoms. The summed E-state index contributed by atoms with van der Waals surface area (Å²) in [4.78, 5) is 24.5. The third-order valence-electron chi connectivity index (χ3n) is 3.80. The second-order valence-electron chi connectivity index (χ2n) is 5.72. The standard InChI is InChI=1S/C17H33NO3/c1-4-5-6-7-8-9-10-11-12-13-16(19)18(2)15-14-17(20)21-3/h4-15H2,1-3H3. The molecular weight excluding hydrogens is 266 g/mol. The number of methoxy groups -OCH3 is 1. The van der Waals surface area contributed by atoms with Gasteiger partial charge >= 0.3 is 5.97 Å². The molecule has 124 valence electrons. The van der Waals surface area contributed by atoms with E-state index in [1.54, 1.807) is 11.9 Å². The van der Waals surface area contributed by atoms with Crippen molar-refractivity contribution in [3.8, 4) is 0 Å². The van der Waals surface area contributed by atoms with Crippen LogP contribution in [0.25, 0.3) is 0 Å². The van der Waals surface area contributed by atoms with E-state index in [0.29, 0.717) is 13.0 Å². The van der Waals surface area contributed by atoms with Gasteiger partial charge in [0.1, 0.15) is 0 Å². The Bertz CT molecular complexity index is 279. The second-order valence-corrected chi connectivity index (χ2v) is 5.72. The molecule has 0 rings (SSSR count). The molecule has 0 aliphatic heterocycles. The number of esters is 1. The molecule has 0 aliphatic rings. The zero-order valence-corrected chi connectivity index (χ0v) is 14.2. The van der Waals surface area contributed by atoms with Crippen molar-refractivity contribution in [2.24, 2.45) is 0 Å². The lowest BCUT2D eigenvalue weighted by Crippen LogP contribution is -2.29. The topological polar surface area (TPSA) is 46.6 Å². The van der Waals surface area contributed by atoms with Crippen molar-refractivity contribution >= 4 is 11.9 Å². The van der Waals surface area contributed by atoms with Crippen LogP contribution in [-0.2, 0) is 14.3 Å². The number of ether oxygens (including phenoxy) is 1. The van der Waals surface area contributed by atoms with Gasteiger partial charge in [-0.2, -0.15) is 0 Å². The largest absolute Gasteiger partial charge is 0.469 e. The minimum Gasteiger partial charge on any atom is -0.469 e. The summed E-state index contributed by atoms with van der Waals surface area (Å²) in [6.45, 7) is 2.68. The zero-order chi connectivity index (χ0) is 15.9. The van der Waals surface area contributed by atoms with Crippen LogP contribution in [0.2, 0.25) is 0 Å². The number of hydrogen-bond acceptors (Lipinski definition) is 3. The molecule has 4 heteroatoms. The Morgan fingerprint density at radius 2 is 1.38 bits per heavy atom. The Hall–Kier alpha value is -1.06. The average Bonchev–Trinajstić information content (AvgIpc) is 2.50. The van der Waals surface area contributed by atoms with Crippen LogP contribution in [0.15, 0.2) is 0 Å². The second kappa shape index (κ2) is 13.9. The summed E-state index contributed by atoms with van der Waals surface area (Å²) in [6, 6.07) is 0. The smallest absolute Gasteiger partial charge is 0.307 e. The zero-order valence-electron chi connectivity index (χ0n) is 14.2. The maximum Gasteiger partial charge on any atom is 0.307 e. The van der Waals surface area contributed by atoms with Gasteiger partial charge in [0.05, 0.1) is 13.5 Å². The fourth-order valence-electron chi connectivity index (χ4n) is 2.26. The lowest BCUT2D eigenvalue weighted by atomic mass is 10.1. The first-order chi connectivity index (χ1) is 10.1. The number of hydrogen-bond donors (Lipinski definition) is 0. The van der Waals surface area contributed by atoms with E-state index in [9.17, 15) is 9.59 Å². The Balaban J connectivity index is 3.42. The summed E-state index contributed by atoms with van der Waals surface area (Å²) in [6.07, 6.45) is 12.2. The monoisotopic (exact) mass is 299 g/mol. The molecule has 0 fully saturated rings. The van der Waals surface area contributed by atoms with Crippen LogP contribution in [-0.4, -0.2) is 37.5 Å². The van der Waals surface area contributed by atoms with Gasteiger partial charge in [0, 0.05) is 20.0 Å². The highest BCUT2D eigenvalue weighted by molar-refractivity contribution is 5.76. The molecule has 0 radical (unpaired) electrons. The molecule has 0 aliphatic carbocycles. The van der Waals surface area contributed by atoms with Gasteiger partial charge in [-0.25, -0.2) is 0 Å². The van der Waals surface area contributed by atoms with Gasteiger partial charge in [0.2, 0.25) is 5.91 Å². The van der Waals surface area contributed by atoms with E-state index < -0.39 is 0 Å². The van der Waals surface area contributed by atoms with Gasteiger partial charge < -0.3 is 9.64 Å². The van der Waals surface area contributed by atoms with Crippen molar-refractivity contribution in [2.45, 2.75) is 77.6 Å². The van der Waals surface area contributed by atoms with E-state index in [1.807, 2.05) is 0 Å². The van der Waals surface area contributed by atoms with Crippen molar-refractivity contribution < 1.29 is 14.3 Å².